The average molecular weight is 255 g/mol. The standard InChI is InChI=1S/C12H12Cl2N2/c1-2-8-10(7-4-3-5-7)9(6-15)12(14)16-11(8)13/h7H,2-5H2,1H3. The van der Waals surface area contributed by atoms with Crippen LogP contribution in [0.3, 0.4) is 0 Å². The Labute approximate surface area is 105 Å². The lowest BCUT2D eigenvalue weighted by molar-refractivity contribution is 0.416. The molecule has 2 nitrogen and oxygen atoms in total. The minimum Gasteiger partial charge on any atom is -0.223 e. The number of pyridine rings is 1. The molecule has 0 saturated heterocycles. The van der Waals surface area contributed by atoms with E-state index in [1.807, 2.05) is 6.92 Å². The summed E-state index contributed by atoms with van der Waals surface area (Å²) in [6.07, 6.45) is 4.26. The van der Waals surface area contributed by atoms with Gasteiger partial charge in [0.2, 0.25) is 0 Å². The van der Waals surface area contributed by atoms with Gasteiger partial charge in [0.1, 0.15) is 16.4 Å². The van der Waals surface area contributed by atoms with Gasteiger partial charge in [0.15, 0.2) is 0 Å². The van der Waals surface area contributed by atoms with Crippen molar-refractivity contribution < 1.29 is 0 Å². The van der Waals surface area contributed by atoms with E-state index in [-0.39, 0.29) is 5.15 Å². The molecule has 1 aromatic heterocycles. The first-order chi connectivity index (χ1) is 7.69. The predicted octanol–water partition coefficient (Wildman–Crippen LogP) is 4.09. The van der Waals surface area contributed by atoms with Gasteiger partial charge < -0.3 is 0 Å². The van der Waals surface area contributed by atoms with Crippen LogP contribution in [0, 0.1) is 11.3 Å². The smallest absolute Gasteiger partial charge is 0.148 e. The second kappa shape index (κ2) is 4.61. The van der Waals surface area contributed by atoms with Gasteiger partial charge in [-0.25, -0.2) is 4.98 Å². The van der Waals surface area contributed by atoms with Gasteiger partial charge in [-0.1, -0.05) is 36.5 Å². The number of rotatable bonds is 2. The van der Waals surface area contributed by atoms with Crippen molar-refractivity contribution in [2.75, 3.05) is 0 Å². The van der Waals surface area contributed by atoms with Crippen molar-refractivity contribution in [1.29, 1.82) is 5.26 Å². The van der Waals surface area contributed by atoms with Crippen LogP contribution in [0.5, 0.6) is 0 Å². The fraction of sp³-hybridized carbons (Fsp3) is 0.500. The lowest BCUT2D eigenvalue weighted by Gasteiger charge is -2.29. The first-order valence-corrected chi connectivity index (χ1v) is 6.22. The first kappa shape index (κ1) is 11.7. The van der Waals surface area contributed by atoms with E-state index in [2.05, 4.69) is 11.1 Å². The Morgan fingerprint density at radius 3 is 2.50 bits per heavy atom. The fourth-order valence-corrected chi connectivity index (χ4v) is 2.76. The van der Waals surface area contributed by atoms with Crippen molar-refractivity contribution >= 4 is 23.2 Å². The van der Waals surface area contributed by atoms with Crippen LogP contribution < -0.4 is 0 Å². The van der Waals surface area contributed by atoms with E-state index in [1.54, 1.807) is 0 Å². The predicted molar refractivity (Wildman–Crippen MR) is 64.9 cm³/mol. The van der Waals surface area contributed by atoms with Crippen LogP contribution in [-0.2, 0) is 6.42 Å². The largest absolute Gasteiger partial charge is 0.223 e. The molecule has 1 fully saturated rings. The molecule has 0 N–H and O–H groups in total. The summed E-state index contributed by atoms with van der Waals surface area (Å²) < 4.78 is 0. The second-order valence-corrected chi connectivity index (χ2v) is 4.77. The molecule has 0 unspecified atom stereocenters. The van der Waals surface area contributed by atoms with Gasteiger partial charge in [0.05, 0.1) is 5.56 Å². The monoisotopic (exact) mass is 254 g/mol. The molecule has 0 spiro atoms. The summed E-state index contributed by atoms with van der Waals surface area (Å²) in [4.78, 5) is 4.02. The highest BCUT2D eigenvalue weighted by Crippen LogP contribution is 2.42. The maximum atomic E-state index is 9.16. The quantitative estimate of drug-likeness (QED) is 0.746. The highest BCUT2D eigenvalue weighted by molar-refractivity contribution is 6.33. The molecule has 16 heavy (non-hydrogen) atoms. The molecule has 0 radical (unpaired) electrons. The van der Waals surface area contributed by atoms with E-state index in [4.69, 9.17) is 28.5 Å². The number of halogens is 2. The van der Waals surface area contributed by atoms with Crippen molar-refractivity contribution in [1.82, 2.24) is 4.98 Å². The molecule has 1 saturated carbocycles. The van der Waals surface area contributed by atoms with Crippen molar-refractivity contribution in [3.05, 3.63) is 27.0 Å². The molecule has 84 valence electrons. The highest BCUT2D eigenvalue weighted by Gasteiger charge is 2.28. The molecule has 0 aromatic carbocycles. The van der Waals surface area contributed by atoms with Gasteiger partial charge in [-0.3, -0.25) is 0 Å². The third-order valence-corrected chi connectivity index (χ3v) is 3.81. The first-order valence-electron chi connectivity index (χ1n) is 5.46. The van der Waals surface area contributed by atoms with Gasteiger partial charge in [0.25, 0.3) is 0 Å². The lowest BCUT2D eigenvalue weighted by Crippen LogP contribution is -2.14. The minimum absolute atomic E-state index is 0.242. The van der Waals surface area contributed by atoms with Crippen LogP contribution in [-0.4, -0.2) is 4.98 Å². The second-order valence-electron chi connectivity index (χ2n) is 4.05. The van der Waals surface area contributed by atoms with Crippen molar-refractivity contribution in [3.63, 3.8) is 0 Å². The maximum Gasteiger partial charge on any atom is 0.148 e. The zero-order chi connectivity index (χ0) is 11.7. The number of hydrogen-bond acceptors (Lipinski definition) is 2. The molecule has 4 heteroatoms. The molecule has 0 bridgehead atoms. The maximum absolute atomic E-state index is 9.16. The summed E-state index contributed by atoms with van der Waals surface area (Å²) in [6.45, 7) is 2.03. The van der Waals surface area contributed by atoms with Crippen LogP contribution in [0.4, 0.5) is 0 Å². The summed E-state index contributed by atoms with van der Waals surface area (Å²) >= 11 is 12.1. The fourth-order valence-electron chi connectivity index (χ4n) is 2.17. The topological polar surface area (TPSA) is 36.7 Å². The Morgan fingerprint density at radius 1 is 1.38 bits per heavy atom. The normalized spacial score (nSPS) is 15.6. The lowest BCUT2D eigenvalue weighted by atomic mass is 9.76. The van der Waals surface area contributed by atoms with Gasteiger partial charge in [-0.05, 0) is 36.3 Å². The molecule has 1 heterocycles. The molecular formula is C12H12Cl2N2. The summed E-state index contributed by atoms with van der Waals surface area (Å²) in [5.74, 6) is 0.447. The summed E-state index contributed by atoms with van der Waals surface area (Å²) in [7, 11) is 0. The van der Waals surface area contributed by atoms with Crippen molar-refractivity contribution in [2.45, 2.75) is 38.5 Å². The number of hydrogen-bond donors (Lipinski definition) is 0. The van der Waals surface area contributed by atoms with Crippen molar-refractivity contribution in [3.8, 4) is 6.07 Å². The molecule has 2 rings (SSSR count). The Hall–Kier alpha value is -0.780. The summed E-state index contributed by atoms with van der Waals surface area (Å²) in [5, 5.41) is 9.86. The minimum atomic E-state index is 0.242. The van der Waals surface area contributed by atoms with Crippen LogP contribution in [0.25, 0.3) is 0 Å². The molecule has 1 aromatic rings. The van der Waals surface area contributed by atoms with Gasteiger partial charge in [-0.15, -0.1) is 0 Å². The molecule has 0 atom stereocenters. The van der Waals surface area contributed by atoms with Crippen LogP contribution in [0.15, 0.2) is 0 Å². The highest BCUT2D eigenvalue weighted by atomic mass is 35.5. The van der Waals surface area contributed by atoms with E-state index in [9.17, 15) is 0 Å². The number of nitriles is 1. The van der Waals surface area contributed by atoms with Crippen LogP contribution >= 0.6 is 23.2 Å². The molecule has 1 aliphatic rings. The molecule has 0 amide bonds. The van der Waals surface area contributed by atoms with E-state index in [1.165, 1.54) is 6.42 Å². The van der Waals surface area contributed by atoms with Gasteiger partial charge in [-0.2, -0.15) is 5.26 Å². The number of nitrogens with zero attached hydrogens (tertiary/aromatic N) is 2. The van der Waals surface area contributed by atoms with E-state index >= 15 is 0 Å². The molecule has 1 aliphatic carbocycles. The SMILES string of the molecule is CCc1c(Cl)nc(Cl)c(C#N)c1C1CCC1. The third kappa shape index (κ3) is 1.79. The van der Waals surface area contributed by atoms with Gasteiger partial charge >= 0.3 is 0 Å². The molecular weight excluding hydrogens is 243 g/mol. The van der Waals surface area contributed by atoms with Crippen LogP contribution in [0.2, 0.25) is 10.3 Å². The third-order valence-electron chi connectivity index (χ3n) is 3.22. The molecule has 0 aliphatic heterocycles. The van der Waals surface area contributed by atoms with E-state index in [0.29, 0.717) is 16.6 Å². The van der Waals surface area contributed by atoms with Crippen molar-refractivity contribution in [2.24, 2.45) is 0 Å². The van der Waals surface area contributed by atoms with E-state index in [0.717, 1.165) is 30.4 Å². The average Bonchev–Trinajstić information content (AvgIpc) is 2.15. The Kier molecular flexibility index (Phi) is 3.37. The van der Waals surface area contributed by atoms with Crippen LogP contribution in [0.1, 0.15) is 48.8 Å². The van der Waals surface area contributed by atoms with Gasteiger partial charge in [0, 0.05) is 0 Å². The Morgan fingerprint density at radius 2 is 2.06 bits per heavy atom. The Bertz CT molecular complexity index is 459. The zero-order valence-electron chi connectivity index (χ0n) is 9.06. The zero-order valence-corrected chi connectivity index (χ0v) is 10.6. The summed E-state index contributed by atoms with van der Waals surface area (Å²) in [5.41, 5.74) is 2.56. The summed E-state index contributed by atoms with van der Waals surface area (Å²) in [6, 6.07) is 2.16. The Balaban J connectivity index is 2.64. The number of aromatic nitrogens is 1. The van der Waals surface area contributed by atoms with E-state index < -0.39 is 0 Å².